The first-order chi connectivity index (χ1) is 13.7. The second-order valence-corrected chi connectivity index (χ2v) is 8.19. The third kappa shape index (κ3) is 2.06. The first kappa shape index (κ1) is 15.9. The molecule has 0 heterocycles. The largest absolute Gasteiger partial charge is 0.0765 e. The Morgan fingerprint density at radius 1 is 0.536 bits per heavy atom. The van der Waals surface area contributed by atoms with Crippen molar-refractivity contribution in [1.29, 1.82) is 0 Å². The molecule has 2 aliphatic rings. The SMILES string of the molecule is CC1=CCc2cccc3ccc(-c4ccc5cccc6c5c4C(C)=CC6)c1c23. The second kappa shape index (κ2) is 5.69. The summed E-state index contributed by atoms with van der Waals surface area (Å²) >= 11 is 0. The van der Waals surface area contributed by atoms with E-state index in [4.69, 9.17) is 0 Å². The van der Waals surface area contributed by atoms with Crippen LogP contribution in [0.25, 0.3) is 43.8 Å². The fourth-order valence-corrected chi connectivity index (χ4v) is 5.25. The Balaban J connectivity index is 1.77. The number of hydrogen-bond donors (Lipinski definition) is 0. The van der Waals surface area contributed by atoms with Crippen LogP contribution in [0.2, 0.25) is 0 Å². The fraction of sp³-hybridized carbons (Fsp3) is 0.143. The summed E-state index contributed by atoms with van der Waals surface area (Å²) < 4.78 is 0. The van der Waals surface area contributed by atoms with Gasteiger partial charge in [0.15, 0.2) is 0 Å². The molecule has 28 heavy (non-hydrogen) atoms. The van der Waals surface area contributed by atoms with E-state index in [1.54, 1.807) is 0 Å². The molecule has 0 spiro atoms. The van der Waals surface area contributed by atoms with Crippen molar-refractivity contribution >= 4 is 32.7 Å². The lowest BCUT2D eigenvalue weighted by atomic mass is 9.79. The highest BCUT2D eigenvalue weighted by Gasteiger charge is 2.22. The smallest absolute Gasteiger partial charge is 0.00674 e. The summed E-state index contributed by atoms with van der Waals surface area (Å²) in [7, 11) is 0. The summed E-state index contributed by atoms with van der Waals surface area (Å²) in [4.78, 5) is 0. The summed E-state index contributed by atoms with van der Waals surface area (Å²) in [6, 6.07) is 22.7. The van der Waals surface area contributed by atoms with Crippen LogP contribution in [0, 0.1) is 0 Å². The van der Waals surface area contributed by atoms with Crippen molar-refractivity contribution in [3.8, 4) is 11.1 Å². The molecule has 6 rings (SSSR count). The van der Waals surface area contributed by atoms with E-state index in [9.17, 15) is 0 Å². The topological polar surface area (TPSA) is 0 Å². The van der Waals surface area contributed by atoms with Crippen LogP contribution in [0.15, 0.2) is 72.8 Å². The molecule has 0 heteroatoms. The zero-order chi connectivity index (χ0) is 18.8. The van der Waals surface area contributed by atoms with Gasteiger partial charge in [0, 0.05) is 0 Å². The van der Waals surface area contributed by atoms with Gasteiger partial charge in [-0.15, -0.1) is 0 Å². The summed E-state index contributed by atoms with van der Waals surface area (Å²) in [5.74, 6) is 0. The maximum atomic E-state index is 2.39. The Morgan fingerprint density at radius 2 is 1.00 bits per heavy atom. The summed E-state index contributed by atoms with van der Waals surface area (Å²) in [6.45, 7) is 4.55. The molecule has 0 aromatic heterocycles. The Hall–Kier alpha value is -3.12. The van der Waals surface area contributed by atoms with Crippen LogP contribution in [0.4, 0.5) is 0 Å². The molecule has 0 N–H and O–H groups in total. The first-order valence-electron chi connectivity index (χ1n) is 10.2. The Bertz CT molecular complexity index is 1250. The van der Waals surface area contributed by atoms with E-state index in [-0.39, 0.29) is 0 Å². The number of allylic oxidation sites excluding steroid dienone is 4. The van der Waals surface area contributed by atoms with Crippen molar-refractivity contribution in [3.05, 3.63) is 95.1 Å². The highest BCUT2D eigenvalue weighted by Crippen LogP contribution is 2.45. The van der Waals surface area contributed by atoms with Gasteiger partial charge in [-0.3, -0.25) is 0 Å². The van der Waals surface area contributed by atoms with E-state index < -0.39 is 0 Å². The number of hydrogen-bond acceptors (Lipinski definition) is 0. The predicted octanol–water partition coefficient (Wildman–Crippen LogP) is 7.58. The van der Waals surface area contributed by atoms with Gasteiger partial charge in [-0.2, -0.15) is 0 Å². The monoisotopic (exact) mass is 358 g/mol. The molecule has 4 aromatic carbocycles. The van der Waals surface area contributed by atoms with Crippen LogP contribution in [-0.2, 0) is 12.8 Å². The third-order valence-electron chi connectivity index (χ3n) is 6.60. The minimum Gasteiger partial charge on any atom is -0.0765 e. The molecule has 0 nitrogen and oxygen atoms in total. The highest BCUT2D eigenvalue weighted by molar-refractivity contribution is 6.08. The molecule has 0 saturated heterocycles. The quantitative estimate of drug-likeness (QED) is 0.329. The first-order valence-corrected chi connectivity index (χ1v) is 10.2. The van der Waals surface area contributed by atoms with Gasteiger partial charge in [0.25, 0.3) is 0 Å². The molecule has 0 saturated carbocycles. The molecule has 0 radical (unpaired) electrons. The number of benzene rings is 4. The molecule has 4 aromatic rings. The Morgan fingerprint density at radius 3 is 1.46 bits per heavy atom. The van der Waals surface area contributed by atoms with E-state index in [1.165, 1.54) is 66.1 Å². The van der Waals surface area contributed by atoms with Gasteiger partial charge in [-0.05, 0) is 92.8 Å². The van der Waals surface area contributed by atoms with Gasteiger partial charge in [0.2, 0.25) is 0 Å². The van der Waals surface area contributed by atoms with Crippen LogP contribution >= 0.6 is 0 Å². The van der Waals surface area contributed by atoms with Crippen LogP contribution in [0.1, 0.15) is 36.1 Å². The summed E-state index contributed by atoms with van der Waals surface area (Å²) in [6.07, 6.45) is 6.85. The normalized spacial score (nSPS) is 14.9. The molecule has 0 fully saturated rings. The lowest BCUT2D eigenvalue weighted by molar-refractivity contribution is 1.26. The van der Waals surface area contributed by atoms with E-state index in [0.29, 0.717) is 0 Å². The third-order valence-corrected chi connectivity index (χ3v) is 6.60. The standard InChI is InChI=1S/C28H22/c1-17-9-11-19-5-3-7-21-13-15-23(25(17)27(19)21)24-16-14-22-8-4-6-20-12-10-18(2)26(24)28(20)22/h3-10,13-16H,11-12H2,1-2H3. The highest BCUT2D eigenvalue weighted by atomic mass is 14.3. The van der Waals surface area contributed by atoms with Crippen LogP contribution < -0.4 is 0 Å². The van der Waals surface area contributed by atoms with Crippen LogP contribution in [-0.4, -0.2) is 0 Å². The average Bonchev–Trinajstić information content (AvgIpc) is 2.73. The maximum Gasteiger partial charge on any atom is -0.00674 e. The van der Waals surface area contributed by atoms with Gasteiger partial charge >= 0.3 is 0 Å². The van der Waals surface area contributed by atoms with E-state index in [1.807, 2.05) is 0 Å². The molecule has 0 bridgehead atoms. The average molecular weight is 358 g/mol. The van der Waals surface area contributed by atoms with Crippen molar-refractivity contribution in [3.63, 3.8) is 0 Å². The van der Waals surface area contributed by atoms with Gasteiger partial charge in [-0.25, -0.2) is 0 Å². The predicted molar refractivity (Wildman–Crippen MR) is 122 cm³/mol. The molecular formula is C28H22. The van der Waals surface area contributed by atoms with E-state index in [2.05, 4.69) is 86.7 Å². The lowest BCUT2D eigenvalue weighted by Crippen LogP contribution is -2.02. The van der Waals surface area contributed by atoms with Gasteiger partial charge in [-0.1, -0.05) is 72.8 Å². The maximum absolute atomic E-state index is 2.39. The minimum atomic E-state index is 1.04. The molecule has 0 unspecified atom stereocenters. The molecule has 0 atom stereocenters. The second-order valence-electron chi connectivity index (χ2n) is 8.19. The van der Waals surface area contributed by atoms with Crippen LogP contribution in [0.3, 0.4) is 0 Å². The van der Waals surface area contributed by atoms with E-state index in [0.717, 1.165) is 12.8 Å². The Kier molecular flexibility index (Phi) is 3.23. The number of rotatable bonds is 1. The molecular weight excluding hydrogens is 336 g/mol. The summed E-state index contributed by atoms with van der Waals surface area (Å²) in [5, 5.41) is 5.59. The molecule has 0 aliphatic heterocycles. The summed E-state index contributed by atoms with van der Waals surface area (Å²) in [5.41, 5.74) is 11.3. The minimum absolute atomic E-state index is 1.04. The fourth-order valence-electron chi connectivity index (χ4n) is 5.25. The van der Waals surface area contributed by atoms with Crippen molar-refractivity contribution < 1.29 is 0 Å². The van der Waals surface area contributed by atoms with Gasteiger partial charge in [0.05, 0.1) is 0 Å². The zero-order valence-corrected chi connectivity index (χ0v) is 16.3. The van der Waals surface area contributed by atoms with E-state index >= 15 is 0 Å². The van der Waals surface area contributed by atoms with Crippen molar-refractivity contribution in [2.75, 3.05) is 0 Å². The van der Waals surface area contributed by atoms with Crippen molar-refractivity contribution in [2.24, 2.45) is 0 Å². The lowest BCUT2D eigenvalue weighted by Gasteiger charge is -2.24. The van der Waals surface area contributed by atoms with Gasteiger partial charge < -0.3 is 0 Å². The van der Waals surface area contributed by atoms with Crippen LogP contribution in [0.5, 0.6) is 0 Å². The zero-order valence-electron chi connectivity index (χ0n) is 16.3. The van der Waals surface area contributed by atoms with Crippen molar-refractivity contribution in [1.82, 2.24) is 0 Å². The van der Waals surface area contributed by atoms with Crippen molar-refractivity contribution in [2.45, 2.75) is 26.7 Å². The van der Waals surface area contributed by atoms with Gasteiger partial charge in [0.1, 0.15) is 0 Å². The molecule has 0 amide bonds. The molecule has 2 aliphatic carbocycles. The molecule has 134 valence electrons. The Labute approximate surface area is 165 Å².